The highest BCUT2D eigenvalue weighted by molar-refractivity contribution is 6.05. The van der Waals surface area contributed by atoms with E-state index in [0.29, 0.717) is 0 Å². The molecular formula is C48H37N. The molecule has 9 rings (SSSR count). The minimum absolute atomic E-state index is 0.0805. The van der Waals surface area contributed by atoms with Gasteiger partial charge < -0.3 is 4.90 Å². The molecule has 8 aromatic rings. The van der Waals surface area contributed by atoms with Gasteiger partial charge in [0.15, 0.2) is 0 Å². The third-order valence-electron chi connectivity index (χ3n) is 10.6. The molecule has 0 amide bonds. The van der Waals surface area contributed by atoms with Crippen molar-refractivity contribution < 1.29 is 0 Å². The molecule has 8 aromatic carbocycles. The van der Waals surface area contributed by atoms with Gasteiger partial charge in [-0.3, -0.25) is 0 Å². The van der Waals surface area contributed by atoms with Crippen LogP contribution in [0.5, 0.6) is 0 Å². The third-order valence-corrected chi connectivity index (χ3v) is 10.6. The average molecular weight is 628 g/mol. The number of rotatable bonds is 5. The van der Waals surface area contributed by atoms with Gasteiger partial charge in [0.2, 0.25) is 0 Å². The maximum Gasteiger partial charge on any atom is 0.0468 e. The summed E-state index contributed by atoms with van der Waals surface area (Å²) in [6.07, 6.45) is 0. The fourth-order valence-corrected chi connectivity index (χ4v) is 8.04. The van der Waals surface area contributed by atoms with Crippen molar-refractivity contribution in [3.05, 3.63) is 187 Å². The summed E-state index contributed by atoms with van der Waals surface area (Å²) in [7, 11) is 0. The second kappa shape index (κ2) is 11.4. The Bertz CT molecular complexity index is 2540. The predicted octanol–water partition coefficient (Wildman–Crippen LogP) is 13.4. The van der Waals surface area contributed by atoms with Crippen molar-refractivity contribution in [3.8, 4) is 33.4 Å². The van der Waals surface area contributed by atoms with Crippen LogP contribution in [0.3, 0.4) is 0 Å². The number of nitrogens with zero attached hydrogens (tertiary/aromatic N) is 1. The van der Waals surface area contributed by atoms with Crippen LogP contribution in [0, 0.1) is 6.92 Å². The topological polar surface area (TPSA) is 3.24 Å². The summed E-state index contributed by atoms with van der Waals surface area (Å²) < 4.78 is 0. The molecule has 0 spiro atoms. The van der Waals surface area contributed by atoms with E-state index in [0.717, 1.165) is 17.1 Å². The van der Waals surface area contributed by atoms with Crippen LogP contribution in [-0.2, 0) is 5.41 Å². The fourth-order valence-electron chi connectivity index (χ4n) is 8.04. The van der Waals surface area contributed by atoms with Crippen LogP contribution in [0.25, 0.3) is 54.9 Å². The third kappa shape index (κ3) is 4.77. The zero-order valence-electron chi connectivity index (χ0n) is 28.1. The lowest BCUT2D eigenvalue weighted by atomic mass is 9.82. The van der Waals surface area contributed by atoms with Gasteiger partial charge in [-0.2, -0.15) is 0 Å². The van der Waals surface area contributed by atoms with Gasteiger partial charge in [0, 0.05) is 22.5 Å². The molecule has 1 aliphatic carbocycles. The van der Waals surface area contributed by atoms with E-state index in [1.807, 2.05) is 0 Å². The number of hydrogen-bond donors (Lipinski definition) is 0. The van der Waals surface area contributed by atoms with E-state index >= 15 is 0 Å². The zero-order valence-corrected chi connectivity index (χ0v) is 28.1. The van der Waals surface area contributed by atoms with Gasteiger partial charge in [-0.1, -0.05) is 147 Å². The lowest BCUT2D eigenvalue weighted by Crippen LogP contribution is -2.16. The standard InChI is InChI=1S/C48H37N/c1-32-12-4-8-16-40(32)47-41-17-9-7-14-34(41)23-28-42(47)35-21-24-37(25-22-35)49(38-26-20-33-13-5-6-15-36(33)30-38)39-27-29-44-43-18-10-11-19-45(43)48(2,3)46(44)31-39/h4-31H,1-3H3. The van der Waals surface area contributed by atoms with E-state index in [1.165, 1.54) is 71.6 Å². The van der Waals surface area contributed by atoms with Crippen LogP contribution in [0.2, 0.25) is 0 Å². The van der Waals surface area contributed by atoms with Gasteiger partial charge in [0.05, 0.1) is 0 Å². The molecule has 0 bridgehead atoms. The second-order valence-electron chi connectivity index (χ2n) is 13.8. The monoisotopic (exact) mass is 627 g/mol. The molecule has 0 saturated heterocycles. The first-order valence-electron chi connectivity index (χ1n) is 17.2. The van der Waals surface area contributed by atoms with E-state index < -0.39 is 0 Å². The fraction of sp³-hybridized carbons (Fsp3) is 0.0833. The first kappa shape index (κ1) is 29.2. The molecule has 0 saturated carbocycles. The number of hydrogen-bond acceptors (Lipinski definition) is 1. The normalized spacial score (nSPS) is 13.0. The molecule has 1 heteroatoms. The highest BCUT2D eigenvalue weighted by Crippen LogP contribution is 2.51. The van der Waals surface area contributed by atoms with Crippen molar-refractivity contribution in [2.45, 2.75) is 26.2 Å². The lowest BCUT2D eigenvalue weighted by molar-refractivity contribution is 0.660. The molecule has 0 atom stereocenters. The Labute approximate surface area is 288 Å². The molecular weight excluding hydrogens is 591 g/mol. The molecule has 234 valence electrons. The maximum atomic E-state index is 2.41. The molecule has 0 unspecified atom stereocenters. The first-order valence-corrected chi connectivity index (χ1v) is 17.2. The van der Waals surface area contributed by atoms with Crippen molar-refractivity contribution in [2.75, 3.05) is 4.90 Å². The van der Waals surface area contributed by atoms with Gasteiger partial charge in [0.1, 0.15) is 0 Å². The van der Waals surface area contributed by atoms with Gasteiger partial charge in [-0.15, -0.1) is 0 Å². The highest BCUT2D eigenvalue weighted by atomic mass is 15.1. The molecule has 0 aromatic heterocycles. The molecule has 1 aliphatic rings. The SMILES string of the molecule is Cc1ccccc1-c1c(-c2ccc(N(c3ccc4c(c3)C(C)(C)c3ccccc3-4)c3ccc4ccccc4c3)cc2)ccc2ccccc12. The van der Waals surface area contributed by atoms with E-state index in [1.54, 1.807) is 0 Å². The van der Waals surface area contributed by atoms with E-state index in [9.17, 15) is 0 Å². The van der Waals surface area contributed by atoms with Gasteiger partial charge >= 0.3 is 0 Å². The van der Waals surface area contributed by atoms with Crippen LogP contribution in [-0.4, -0.2) is 0 Å². The minimum Gasteiger partial charge on any atom is -0.310 e. The predicted molar refractivity (Wildman–Crippen MR) is 209 cm³/mol. The number of anilines is 3. The molecule has 0 fully saturated rings. The highest BCUT2D eigenvalue weighted by Gasteiger charge is 2.35. The quantitative estimate of drug-likeness (QED) is 0.183. The van der Waals surface area contributed by atoms with Crippen LogP contribution in [0.4, 0.5) is 17.1 Å². The lowest BCUT2D eigenvalue weighted by Gasteiger charge is -2.28. The summed E-state index contributed by atoms with van der Waals surface area (Å²) in [6, 6.07) is 62.5. The van der Waals surface area contributed by atoms with Crippen molar-refractivity contribution >= 4 is 38.6 Å². The van der Waals surface area contributed by atoms with Crippen molar-refractivity contribution in [2.24, 2.45) is 0 Å². The molecule has 49 heavy (non-hydrogen) atoms. The Balaban J connectivity index is 1.20. The van der Waals surface area contributed by atoms with Crippen LogP contribution < -0.4 is 4.90 Å². The zero-order chi connectivity index (χ0) is 33.1. The second-order valence-corrected chi connectivity index (χ2v) is 13.8. The summed E-state index contributed by atoms with van der Waals surface area (Å²) in [5, 5.41) is 5.00. The molecule has 0 N–H and O–H groups in total. The Kier molecular flexibility index (Phi) is 6.78. The summed E-state index contributed by atoms with van der Waals surface area (Å²) >= 11 is 0. The Hall–Kier alpha value is -5.92. The van der Waals surface area contributed by atoms with Gasteiger partial charge in [0.25, 0.3) is 0 Å². The molecule has 1 nitrogen and oxygen atoms in total. The van der Waals surface area contributed by atoms with Crippen LogP contribution in [0.15, 0.2) is 170 Å². The van der Waals surface area contributed by atoms with Crippen molar-refractivity contribution in [1.82, 2.24) is 0 Å². The van der Waals surface area contributed by atoms with E-state index in [-0.39, 0.29) is 5.41 Å². The van der Waals surface area contributed by atoms with Gasteiger partial charge in [-0.25, -0.2) is 0 Å². The molecule has 0 radical (unpaired) electrons. The van der Waals surface area contributed by atoms with E-state index in [4.69, 9.17) is 0 Å². The summed E-state index contributed by atoms with van der Waals surface area (Å²) in [5.41, 5.74) is 15.1. The molecule has 0 aliphatic heterocycles. The summed E-state index contributed by atoms with van der Waals surface area (Å²) in [4.78, 5) is 2.41. The summed E-state index contributed by atoms with van der Waals surface area (Å²) in [6.45, 7) is 6.92. The largest absolute Gasteiger partial charge is 0.310 e. The number of benzene rings is 8. The Morgan fingerprint density at radius 1 is 0.408 bits per heavy atom. The maximum absolute atomic E-state index is 2.41. The van der Waals surface area contributed by atoms with Gasteiger partial charge in [-0.05, 0) is 115 Å². The first-order chi connectivity index (χ1) is 24.0. The van der Waals surface area contributed by atoms with Crippen LogP contribution >= 0.6 is 0 Å². The minimum atomic E-state index is -0.0805. The number of fused-ring (bicyclic) bond motifs is 5. The average Bonchev–Trinajstić information content (AvgIpc) is 3.37. The smallest absolute Gasteiger partial charge is 0.0468 e. The van der Waals surface area contributed by atoms with Crippen molar-refractivity contribution in [1.29, 1.82) is 0 Å². The van der Waals surface area contributed by atoms with E-state index in [2.05, 4.69) is 196 Å². The number of aryl methyl sites for hydroxylation is 1. The summed E-state index contributed by atoms with van der Waals surface area (Å²) in [5.74, 6) is 0. The Morgan fingerprint density at radius 3 is 1.80 bits per heavy atom. The Morgan fingerprint density at radius 2 is 0.980 bits per heavy atom. The van der Waals surface area contributed by atoms with Crippen molar-refractivity contribution in [3.63, 3.8) is 0 Å². The van der Waals surface area contributed by atoms with Crippen LogP contribution in [0.1, 0.15) is 30.5 Å². The molecule has 0 heterocycles.